The van der Waals surface area contributed by atoms with Crippen LogP contribution in [0.3, 0.4) is 0 Å². The number of halogens is 3. The molecule has 0 aliphatic heterocycles. The summed E-state index contributed by atoms with van der Waals surface area (Å²) in [6.45, 7) is 2.35. The number of nitrogens with two attached hydrogens (primary N) is 1. The van der Waals surface area contributed by atoms with Crippen molar-refractivity contribution < 1.29 is 27.4 Å². The smallest absolute Gasteiger partial charge is 0.462 e. The first-order valence-corrected chi connectivity index (χ1v) is 6.66. The van der Waals surface area contributed by atoms with E-state index < -0.39 is 18.1 Å². The van der Waals surface area contributed by atoms with Gasteiger partial charge < -0.3 is 15.2 Å². The first kappa shape index (κ1) is 17.1. The zero-order valence-corrected chi connectivity index (χ0v) is 11.7. The van der Waals surface area contributed by atoms with Crippen molar-refractivity contribution in [3.8, 4) is 5.75 Å². The molecule has 1 aromatic rings. The van der Waals surface area contributed by atoms with Crippen LogP contribution in [-0.4, -0.2) is 18.9 Å². The van der Waals surface area contributed by atoms with Gasteiger partial charge >= 0.3 is 12.3 Å². The molecule has 1 aromatic carbocycles. The van der Waals surface area contributed by atoms with E-state index in [2.05, 4.69) is 11.7 Å². The third-order valence-corrected chi connectivity index (χ3v) is 2.70. The molecule has 0 fully saturated rings. The molecule has 7 heteroatoms. The summed E-state index contributed by atoms with van der Waals surface area (Å²) in [7, 11) is 0. The lowest BCUT2D eigenvalue weighted by molar-refractivity contribution is -0.274. The number of ether oxygens (including phenoxy) is 2. The fourth-order valence-corrected chi connectivity index (χ4v) is 1.67. The van der Waals surface area contributed by atoms with Gasteiger partial charge in [-0.3, -0.25) is 0 Å². The van der Waals surface area contributed by atoms with E-state index in [9.17, 15) is 18.0 Å². The molecule has 0 aliphatic carbocycles. The number of carbonyl (C=O) groups is 1. The number of rotatable bonds is 7. The molecule has 0 unspecified atom stereocenters. The van der Waals surface area contributed by atoms with Crippen molar-refractivity contribution in [2.24, 2.45) is 0 Å². The maximum Gasteiger partial charge on any atom is 0.573 e. The van der Waals surface area contributed by atoms with Gasteiger partial charge in [-0.05, 0) is 24.6 Å². The van der Waals surface area contributed by atoms with Crippen molar-refractivity contribution in [2.45, 2.75) is 39.0 Å². The van der Waals surface area contributed by atoms with E-state index in [0.29, 0.717) is 0 Å². The minimum Gasteiger partial charge on any atom is -0.462 e. The Balaban J connectivity index is 2.56. The molecule has 21 heavy (non-hydrogen) atoms. The minimum atomic E-state index is -4.82. The molecule has 0 bridgehead atoms. The highest BCUT2D eigenvalue weighted by atomic mass is 19.4. The molecule has 2 N–H and O–H groups in total. The average Bonchev–Trinajstić information content (AvgIpc) is 2.39. The molecule has 0 spiro atoms. The molecule has 0 amide bonds. The topological polar surface area (TPSA) is 61.5 Å². The molecule has 0 heterocycles. The van der Waals surface area contributed by atoms with E-state index in [1.54, 1.807) is 0 Å². The van der Waals surface area contributed by atoms with Crippen LogP contribution < -0.4 is 10.5 Å². The van der Waals surface area contributed by atoms with Crippen LogP contribution >= 0.6 is 0 Å². The number of benzene rings is 1. The summed E-state index contributed by atoms with van der Waals surface area (Å²) in [5, 5.41) is 0. The summed E-state index contributed by atoms with van der Waals surface area (Å²) in [5.74, 6) is -1.15. The maximum atomic E-state index is 12.1. The first-order chi connectivity index (χ1) is 9.83. The lowest BCUT2D eigenvalue weighted by atomic mass is 10.2. The van der Waals surface area contributed by atoms with Crippen molar-refractivity contribution in [3.63, 3.8) is 0 Å². The SMILES string of the molecule is CCCCCCOC(=O)c1ccc(OC(F)(F)F)c(N)c1. The molecule has 0 saturated heterocycles. The van der Waals surface area contributed by atoms with Crippen LogP contribution in [-0.2, 0) is 4.74 Å². The lowest BCUT2D eigenvalue weighted by Crippen LogP contribution is -2.18. The van der Waals surface area contributed by atoms with Gasteiger partial charge in [-0.15, -0.1) is 13.2 Å². The summed E-state index contributed by atoms with van der Waals surface area (Å²) in [6.07, 6.45) is -0.969. The Hall–Kier alpha value is -1.92. The second-order valence-electron chi connectivity index (χ2n) is 4.50. The molecule has 0 saturated carbocycles. The largest absolute Gasteiger partial charge is 0.573 e. The molecule has 1 rings (SSSR count). The number of alkyl halides is 3. The Morgan fingerprint density at radius 1 is 1.24 bits per heavy atom. The van der Waals surface area contributed by atoms with Crippen molar-refractivity contribution in [3.05, 3.63) is 23.8 Å². The van der Waals surface area contributed by atoms with Crippen LogP contribution in [0.15, 0.2) is 18.2 Å². The van der Waals surface area contributed by atoms with Crippen molar-refractivity contribution >= 4 is 11.7 Å². The number of carbonyl (C=O) groups excluding carboxylic acids is 1. The van der Waals surface area contributed by atoms with Crippen LogP contribution in [0.25, 0.3) is 0 Å². The summed E-state index contributed by atoms with van der Waals surface area (Å²) in [6, 6.07) is 3.29. The Morgan fingerprint density at radius 2 is 1.95 bits per heavy atom. The number of hydrogen-bond acceptors (Lipinski definition) is 4. The fourth-order valence-electron chi connectivity index (χ4n) is 1.67. The van der Waals surface area contributed by atoms with Crippen LogP contribution in [0.5, 0.6) is 5.75 Å². The summed E-state index contributed by atoms with van der Waals surface area (Å²) in [5.41, 5.74) is 5.25. The van der Waals surface area contributed by atoms with E-state index in [1.165, 1.54) is 6.07 Å². The Morgan fingerprint density at radius 3 is 2.52 bits per heavy atom. The standard InChI is InChI=1S/C14H18F3NO3/c1-2-3-4-5-8-20-13(19)10-6-7-12(11(18)9-10)21-14(15,16)17/h6-7,9H,2-5,8,18H2,1H3. The number of hydrogen-bond donors (Lipinski definition) is 1. The highest BCUT2D eigenvalue weighted by molar-refractivity contribution is 5.91. The molecule has 4 nitrogen and oxygen atoms in total. The van der Waals surface area contributed by atoms with Crippen molar-refractivity contribution in [2.75, 3.05) is 12.3 Å². The van der Waals surface area contributed by atoms with Gasteiger partial charge in [0.15, 0.2) is 5.75 Å². The third kappa shape index (κ3) is 6.37. The fraction of sp³-hybridized carbons (Fsp3) is 0.500. The summed E-state index contributed by atoms with van der Waals surface area (Å²) in [4.78, 5) is 11.7. The molecule has 118 valence electrons. The molecule has 0 aromatic heterocycles. The van der Waals surface area contributed by atoms with Crippen molar-refractivity contribution in [1.82, 2.24) is 0 Å². The van der Waals surface area contributed by atoms with Gasteiger partial charge in [0.05, 0.1) is 17.9 Å². The Kier molecular flexibility index (Phi) is 6.33. The number of unbranched alkanes of at least 4 members (excludes halogenated alkanes) is 3. The van der Waals surface area contributed by atoms with Gasteiger partial charge in [0.1, 0.15) is 0 Å². The van der Waals surface area contributed by atoms with Gasteiger partial charge in [-0.1, -0.05) is 26.2 Å². The number of anilines is 1. The van der Waals surface area contributed by atoms with Crippen LogP contribution in [0.4, 0.5) is 18.9 Å². The van der Waals surface area contributed by atoms with Crippen LogP contribution in [0.1, 0.15) is 43.0 Å². The van der Waals surface area contributed by atoms with E-state index in [1.807, 2.05) is 0 Å². The molecule has 0 aliphatic rings. The normalized spacial score (nSPS) is 11.2. The van der Waals surface area contributed by atoms with Crippen molar-refractivity contribution in [1.29, 1.82) is 0 Å². The second-order valence-corrected chi connectivity index (χ2v) is 4.50. The molecule has 0 atom stereocenters. The predicted octanol–water partition coefficient (Wildman–Crippen LogP) is 3.90. The van der Waals surface area contributed by atoms with Gasteiger partial charge in [-0.2, -0.15) is 0 Å². The van der Waals surface area contributed by atoms with Crippen LogP contribution in [0.2, 0.25) is 0 Å². The Bertz CT molecular complexity index is 475. The van der Waals surface area contributed by atoms with E-state index >= 15 is 0 Å². The highest BCUT2D eigenvalue weighted by Gasteiger charge is 2.32. The van der Waals surface area contributed by atoms with Gasteiger partial charge in [0, 0.05) is 0 Å². The predicted molar refractivity (Wildman–Crippen MR) is 72.0 cm³/mol. The van der Waals surface area contributed by atoms with E-state index in [0.717, 1.165) is 37.8 Å². The van der Waals surface area contributed by atoms with Gasteiger partial charge in [0.25, 0.3) is 0 Å². The monoisotopic (exact) mass is 305 g/mol. The zero-order chi connectivity index (χ0) is 15.9. The Labute approximate surface area is 121 Å². The summed E-state index contributed by atoms with van der Waals surface area (Å²) >= 11 is 0. The molecule has 0 radical (unpaired) electrons. The van der Waals surface area contributed by atoms with E-state index in [4.69, 9.17) is 10.5 Å². The number of nitrogen functional groups attached to an aromatic ring is 1. The average molecular weight is 305 g/mol. The second kappa shape index (κ2) is 7.75. The molecular weight excluding hydrogens is 287 g/mol. The number of esters is 1. The van der Waals surface area contributed by atoms with Gasteiger partial charge in [-0.25, -0.2) is 4.79 Å². The lowest BCUT2D eigenvalue weighted by Gasteiger charge is -2.12. The zero-order valence-electron chi connectivity index (χ0n) is 11.7. The van der Waals surface area contributed by atoms with E-state index in [-0.39, 0.29) is 17.9 Å². The molecular formula is C14H18F3NO3. The first-order valence-electron chi connectivity index (χ1n) is 6.66. The van der Waals surface area contributed by atoms with Gasteiger partial charge in [0.2, 0.25) is 0 Å². The quantitative estimate of drug-likeness (QED) is 0.471. The maximum absolute atomic E-state index is 12.1. The highest BCUT2D eigenvalue weighted by Crippen LogP contribution is 2.29. The van der Waals surface area contributed by atoms with Crippen LogP contribution in [0, 0.1) is 0 Å². The third-order valence-electron chi connectivity index (χ3n) is 2.70. The minimum absolute atomic E-state index is 0.0949. The summed E-state index contributed by atoms with van der Waals surface area (Å²) < 4.78 is 45.0.